The molecule has 1 rings (SSSR count). The Morgan fingerprint density at radius 1 is 1.40 bits per heavy atom. The van der Waals surface area contributed by atoms with Gasteiger partial charge in [-0.3, -0.25) is 0 Å². The van der Waals surface area contributed by atoms with E-state index in [0.717, 1.165) is 23.9 Å². The highest BCUT2D eigenvalue weighted by Crippen LogP contribution is 2.17. The summed E-state index contributed by atoms with van der Waals surface area (Å²) in [5.41, 5.74) is 1.29. The standard InChI is InChI=1S/C12H18BrNO/c1-10(14-7-2-3-8-15)11-5-4-6-12(13)9-11/h4-6,9-10,14-15H,2-3,7-8H2,1H3. The molecule has 0 radical (unpaired) electrons. The Balaban J connectivity index is 2.36. The van der Waals surface area contributed by atoms with Crippen LogP contribution in [0.3, 0.4) is 0 Å². The van der Waals surface area contributed by atoms with Gasteiger partial charge in [-0.25, -0.2) is 0 Å². The Hall–Kier alpha value is -0.380. The normalized spacial score (nSPS) is 12.7. The molecule has 0 bridgehead atoms. The van der Waals surface area contributed by atoms with E-state index in [0.29, 0.717) is 6.04 Å². The van der Waals surface area contributed by atoms with E-state index in [1.807, 2.05) is 12.1 Å². The highest BCUT2D eigenvalue weighted by atomic mass is 79.9. The second-order valence-electron chi connectivity index (χ2n) is 3.66. The number of aliphatic hydroxyl groups excluding tert-OH is 1. The van der Waals surface area contributed by atoms with Crippen molar-refractivity contribution >= 4 is 15.9 Å². The summed E-state index contributed by atoms with van der Waals surface area (Å²) < 4.78 is 1.11. The zero-order valence-corrected chi connectivity index (χ0v) is 10.6. The molecule has 84 valence electrons. The summed E-state index contributed by atoms with van der Waals surface area (Å²) in [6.07, 6.45) is 1.90. The maximum absolute atomic E-state index is 8.65. The molecule has 0 saturated heterocycles. The minimum Gasteiger partial charge on any atom is -0.396 e. The van der Waals surface area contributed by atoms with Gasteiger partial charge in [0.2, 0.25) is 0 Å². The van der Waals surface area contributed by atoms with E-state index >= 15 is 0 Å². The molecule has 0 amide bonds. The zero-order valence-electron chi connectivity index (χ0n) is 9.04. The first-order valence-electron chi connectivity index (χ1n) is 5.33. The number of hydrogen-bond donors (Lipinski definition) is 2. The van der Waals surface area contributed by atoms with Gasteiger partial charge >= 0.3 is 0 Å². The van der Waals surface area contributed by atoms with Crippen molar-refractivity contribution in [2.45, 2.75) is 25.8 Å². The minimum atomic E-state index is 0.285. The van der Waals surface area contributed by atoms with E-state index in [9.17, 15) is 0 Å². The quantitative estimate of drug-likeness (QED) is 0.780. The van der Waals surface area contributed by atoms with Crippen molar-refractivity contribution in [3.05, 3.63) is 34.3 Å². The van der Waals surface area contributed by atoms with E-state index in [1.165, 1.54) is 5.56 Å². The van der Waals surface area contributed by atoms with Gasteiger partial charge in [0.15, 0.2) is 0 Å². The molecule has 0 aliphatic heterocycles. The van der Waals surface area contributed by atoms with Crippen LogP contribution in [0.4, 0.5) is 0 Å². The molecule has 15 heavy (non-hydrogen) atoms. The van der Waals surface area contributed by atoms with Gasteiger partial charge in [0.1, 0.15) is 0 Å². The van der Waals surface area contributed by atoms with Crippen molar-refractivity contribution in [3.8, 4) is 0 Å². The number of hydrogen-bond acceptors (Lipinski definition) is 2. The summed E-state index contributed by atoms with van der Waals surface area (Å²) >= 11 is 3.46. The first-order chi connectivity index (χ1) is 7.24. The summed E-state index contributed by atoms with van der Waals surface area (Å²) in [5.74, 6) is 0. The molecule has 1 aromatic rings. The topological polar surface area (TPSA) is 32.3 Å². The molecule has 3 heteroatoms. The Kier molecular flexibility index (Phi) is 5.91. The Bertz CT molecular complexity index is 291. The molecule has 0 saturated carbocycles. The number of halogens is 1. The number of rotatable bonds is 6. The molecule has 0 spiro atoms. The van der Waals surface area contributed by atoms with Gasteiger partial charge in [0.05, 0.1) is 0 Å². The number of benzene rings is 1. The van der Waals surface area contributed by atoms with E-state index in [-0.39, 0.29) is 6.61 Å². The van der Waals surface area contributed by atoms with Gasteiger partial charge in [-0.15, -0.1) is 0 Å². The highest BCUT2D eigenvalue weighted by Gasteiger charge is 2.03. The third-order valence-electron chi connectivity index (χ3n) is 2.38. The fourth-order valence-corrected chi connectivity index (χ4v) is 1.87. The van der Waals surface area contributed by atoms with Crippen LogP contribution in [0.15, 0.2) is 28.7 Å². The summed E-state index contributed by atoms with van der Waals surface area (Å²) in [6.45, 7) is 3.39. The van der Waals surface area contributed by atoms with Crippen LogP contribution in [0.1, 0.15) is 31.4 Å². The van der Waals surface area contributed by atoms with Crippen LogP contribution in [0.5, 0.6) is 0 Å². The lowest BCUT2D eigenvalue weighted by atomic mass is 10.1. The monoisotopic (exact) mass is 271 g/mol. The molecule has 0 heterocycles. The highest BCUT2D eigenvalue weighted by molar-refractivity contribution is 9.10. The molecular formula is C12H18BrNO. The van der Waals surface area contributed by atoms with E-state index in [4.69, 9.17) is 5.11 Å². The molecule has 1 atom stereocenters. The molecule has 1 unspecified atom stereocenters. The van der Waals surface area contributed by atoms with E-state index in [2.05, 4.69) is 40.3 Å². The first-order valence-corrected chi connectivity index (χ1v) is 6.13. The molecular weight excluding hydrogens is 254 g/mol. The van der Waals surface area contributed by atoms with E-state index in [1.54, 1.807) is 0 Å². The fraction of sp³-hybridized carbons (Fsp3) is 0.500. The van der Waals surface area contributed by atoms with Crippen LogP contribution in [0.25, 0.3) is 0 Å². The van der Waals surface area contributed by atoms with Crippen molar-refractivity contribution in [1.82, 2.24) is 5.32 Å². The average Bonchev–Trinajstić information content (AvgIpc) is 2.24. The number of aliphatic hydroxyl groups is 1. The molecule has 0 aliphatic carbocycles. The largest absolute Gasteiger partial charge is 0.396 e. The van der Waals surface area contributed by atoms with Crippen molar-refractivity contribution in [2.24, 2.45) is 0 Å². The average molecular weight is 272 g/mol. The molecule has 0 aliphatic rings. The Morgan fingerprint density at radius 3 is 2.87 bits per heavy atom. The minimum absolute atomic E-state index is 0.285. The third kappa shape index (κ3) is 4.78. The van der Waals surface area contributed by atoms with Gasteiger partial charge in [0.25, 0.3) is 0 Å². The van der Waals surface area contributed by atoms with Crippen molar-refractivity contribution in [2.75, 3.05) is 13.2 Å². The Morgan fingerprint density at radius 2 is 2.20 bits per heavy atom. The fourth-order valence-electron chi connectivity index (χ4n) is 1.45. The summed E-state index contributed by atoms with van der Waals surface area (Å²) in [6, 6.07) is 8.69. The smallest absolute Gasteiger partial charge is 0.0431 e. The summed E-state index contributed by atoms with van der Waals surface area (Å²) in [7, 11) is 0. The zero-order chi connectivity index (χ0) is 11.1. The lowest BCUT2D eigenvalue weighted by Crippen LogP contribution is -2.20. The lowest BCUT2D eigenvalue weighted by Gasteiger charge is -2.14. The molecule has 0 aromatic heterocycles. The molecule has 2 N–H and O–H groups in total. The van der Waals surface area contributed by atoms with Gasteiger partial charge in [-0.2, -0.15) is 0 Å². The maximum atomic E-state index is 8.65. The van der Waals surface area contributed by atoms with Crippen LogP contribution in [0.2, 0.25) is 0 Å². The van der Waals surface area contributed by atoms with E-state index < -0.39 is 0 Å². The van der Waals surface area contributed by atoms with Gasteiger partial charge in [0, 0.05) is 17.1 Å². The van der Waals surface area contributed by atoms with Crippen molar-refractivity contribution in [1.29, 1.82) is 0 Å². The lowest BCUT2D eigenvalue weighted by molar-refractivity contribution is 0.283. The van der Waals surface area contributed by atoms with Crippen LogP contribution in [-0.2, 0) is 0 Å². The SMILES string of the molecule is CC(NCCCCO)c1cccc(Br)c1. The molecule has 1 aromatic carbocycles. The van der Waals surface area contributed by atoms with Crippen molar-refractivity contribution in [3.63, 3.8) is 0 Å². The second kappa shape index (κ2) is 6.99. The van der Waals surface area contributed by atoms with Gasteiger partial charge in [-0.05, 0) is 44.0 Å². The Labute approximate surface area is 99.8 Å². The summed E-state index contributed by atoms with van der Waals surface area (Å²) in [4.78, 5) is 0. The molecule has 0 fully saturated rings. The third-order valence-corrected chi connectivity index (χ3v) is 2.88. The number of nitrogens with one attached hydrogen (secondary N) is 1. The van der Waals surface area contributed by atoms with Crippen LogP contribution in [0, 0.1) is 0 Å². The predicted molar refractivity (Wildman–Crippen MR) is 66.9 cm³/mol. The van der Waals surface area contributed by atoms with Crippen LogP contribution >= 0.6 is 15.9 Å². The maximum Gasteiger partial charge on any atom is 0.0431 e. The van der Waals surface area contributed by atoms with Crippen LogP contribution < -0.4 is 5.32 Å². The summed E-state index contributed by atoms with van der Waals surface area (Å²) in [5, 5.41) is 12.1. The van der Waals surface area contributed by atoms with Crippen LogP contribution in [-0.4, -0.2) is 18.3 Å². The molecule has 2 nitrogen and oxygen atoms in total. The second-order valence-corrected chi connectivity index (χ2v) is 4.58. The number of unbranched alkanes of at least 4 members (excludes halogenated alkanes) is 1. The van der Waals surface area contributed by atoms with Gasteiger partial charge in [-0.1, -0.05) is 28.1 Å². The van der Waals surface area contributed by atoms with Gasteiger partial charge < -0.3 is 10.4 Å². The predicted octanol–water partition coefficient (Wildman–Crippen LogP) is 2.87. The van der Waals surface area contributed by atoms with Crippen molar-refractivity contribution < 1.29 is 5.11 Å². The first kappa shape index (κ1) is 12.7.